The standard InChI is InChI=1S/C14H28N2O/c1-14(11-17,15-2)7-8-16(9-12-3-4-12)10-13-5-6-13/h12-13,15,17H,3-11H2,1-2H3. The second-order valence-electron chi connectivity index (χ2n) is 6.37. The Balaban J connectivity index is 1.74. The monoisotopic (exact) mass is 240 g/mol. The quantitative estimate of drug-likeness (QED) is 0.640. The Morgan fingerprint density at radius 3 is 2.06 bits per heavy atom. The zero-order valence-electron chi connectivity index (χ0n) is 11.4. The van der Waals surface area contributed by atoms with Crippen LogP contribution in [0.25, 0.3) is 0 Å². The van der Waals surface area contributed by atoms with Crippen molar-refractivity contribution in [3.8, 4) is 0 Å². The SMILES string of the molecule is CNC(C)(CO)CCN(CC1CC1)CC1CC1. The molecule has 0 saturated heterocycles. The van der Waals surface area contributed by atoms with Gasteiger partial charge in [0.1, 0.15) is 0 Å². The Labute approximate surface area is 106 Å². The van der Waals surface area contributed by atoms with Crippen LogP contribution in [0, 0.1) is 11.8 Å². The zero-order chi connectivity index (χ0) is 12.3. The molecule has 0 aliphatic heterocycles. The maximum Gasteiger partial charge on any atom is 0.0610 e. The van der Waals surface area contributed by atoms with Crippen molar-refractivity contribution >= 4 is 0 Å². The number of hydrogen-bond acceptors (Lipinski definition) is 3. The van der Waals surface area contributed by atoms with Crippen molar-refractivity contribution in [3.63, 3.8) is 0 Å². The van der Waals surface area contributed by atoms with Crippen LogP contribution in [0.3, 0.4) is 0 Å². The van der Waals surface area contributed by atoms with Gasteiger partial charge in [0.15, 0.2) is 0 Å². The van der Waals surface area contributed by atoms with Crippen LogP contribution in [0.1, 0.15) is 39.0 Å². The van der Waals surface area contributed by atoms with E-state index in [1.165, 1.54) is 38.8 Å². The molecule has 2 fully saturated rings. The fraction of sp³-hybridized carbons (Fsp3) is 1.00. The maximum atomic E-state index is 9.41. The van der Waals surface area contributed by atoms with E-state index in [1.54, 1.807) is 0 Å². The number of nitrogens with one attached hydrogen (secondary N) is 1. The van der Waals surface area contributed by atoms with E-state index in [9.17, 15) is 5.11 Å². The summed E-state index contributed by atoms with van der Waals surface area (Å²) in [5, 5.41) is 12.7. The predicted molar refractivity (Wildman–Crippen MR) is 71.1 cm³/mol. The van der Waals surface area contributed by atoms with Gasteiger partial charge in [-0.05, 0) is 64.5 Å². The lowest BCUT2D eigenvalue weighted by molar-refractivity contribution is 0.148. The van der Waals surface area contributed by atoms with Crippen LogP contribution in [0.2, 0.25) is 0 Å². The summed E-state index contributed by atoms with van der Waals surface area (Å²) in [5.74, 6) is 1.95. The smallest absolute Gasteiger partial charge is 0.0610 e. The highest BCUT2D eigenvalue weighted by Crippen LogP contribution is 2.33. The van der Waals surface area contributed by atoms with Crippen molar-refractivity contribution < 1.29 is 5.11 Å². The summed E-state index contributed by atoms with van der Waals surface area (Å²) in [6.45, 7) is 6.05. The molecule has 0 aromatic carbocycles. The fourth-order valence-electron chi connectivity index (χ4n) is 2.28. The number of nitrogens with zero attached hydrogens (tertiary/aromatic N) is 1. The van der Waals surface area contributed by atoms with E-state index in [2.05, 4.69) is 17.1 Å². The Bertz CT molecular complexity index is 218. The molecule has 1 atom stereocenters. The minimum atomic E-state index is -0.106. The third-order valence-electron chi connectivity index (χ3n) is 4.36. The highest BCUT2D eigenvalue weighted by Gasteiger charge is 2.30. The van der Waals surface area contributed by atoms with Crippen LogP contribution in [0.15, 0.2) is 0 Å². The van der Waals surface area contributed by atoms with Crippen LogP contribution in [-0.4, -0.2) is 48.8 Å². The van der Waals surface area contributed by atoms with Crippen LogP contribution in [0.5, 0.6) is 0 Å². The topological polar surface area (TPSA) is 35.5 Å². The molecular formula is C14H28N2O. The third-order valence-corrected chi connectivity index (χ3v) is 4.36. The van der Waals surface area contributed by atoms with Crippen LogP contribution in [0.4, 0.5) is 0 Å². The van der Waals surface area contributed by atoms with Gasteiger partial charge in [0.05, 0.1) is 6.61 Å². The van der Waals surface area contributed by atoms with Gasteiger partial charge in [0, 0.05) is 18.6 Å². The molecule has 0 heterocycles. The fourth-order valence-corrected chi connectivity index (χ4v) is 2.28. The molecule has 3 heteroatoms. The first kappa shape index (κ1) is 13.3. The summed E-state index contributed by atoms with van der Waals surface area (Å²) in [7, 11) is 1.95. The molecule has 0 aromatic rings. The largest absolute Gasteiger partial charge is 0.394 e. The van der Waals surface area contributed by atoms with Gasteiger partial charge in [-0.25, -0.2) is 0 Å². The molecule has 1 unspecified atom stereocenters. The van der Waals surface area contributed by atoms with Crippen molar-refractivity contribution in [3.05, 3.63) is 0 Å². The molecule has 2 aliphatic carbocycles. The van der Waals surface area contributed by atoms with Crippen molar-refractivity contribution in [1.82, 2.24) is 10.2 Å². The Kier molecular flexibility index (Phi) is 4.45. The Hall–Kier alpha value is -0.120. The van der Waals surface area contributed by atoms with Crippen LogP contribution < -0.4 is 5.32 Å². The first-order valence-electron chi connectivity index (χ1n) is 7.17. The summed E-state index contributed by atoms with van der Waals surface area (Å²) in [5.41, 5.74) is -0.106. The molecule has 0 aromatic heterocycles. The molecule has 3 nitrogen and oxygen atoms in total. The van der Waals surface area contributed by atoms with Gasteiger partial charge in [-0.1, -0.05) is 0 Å². The van der Waals surface area contributed by atoms with E-state index >= 15 is 0 Å². The lowest BCUT2D eigenvalue weighted by Crippen LogP contribution is -2.46. The highest BCUT2D eigenvalue weighted by atomic mass is 16.3. The van der Waals surface area contributed by atoms with Crippen molar-refractivity contribution in [2.45, 2.75) is 44.6 Å². The first-order valence-corrected chi connectivity index (χ1v) is 7.17. The summed E-state index contributed by atoms with van der Waals surface area (Å²) >= 11 is 0. The number of hydrogen-bond donors (Lipinski definition) is 2. The average Bonchev–Trinajstić information content (AvgIpc) is 3.21. The van der Waals surface area contributed by atoms with Gasteiger partial charge in [-0.15, -0.1) is 0 Å². The Morgan fingerprint density at radius 1 is 1.18 bits per heavy atom. The van der Waals surface area contributed by atoms with Gasteiger partial charge < -0.3 is 15.3 Å². The molecule has 17 heavy (non-hydrogen) atoms. The molecule has 2 rings (SSSR count). The molecule has 2 aliphatic rings. The molecule has 0 amide bonds. The predicted octanol–water partition coefficient (Wildman–Crippen LogP) is 1.47. The van der Waals surface area contributed by atoms with Crippen molar-refractivity contribution in [2.24, 2.45) is 11.8 Å². The van der Waals surface area contributed by atoms with E-state index in [4.69, 9.17) is 0 Å². The number of aliphatic hydroxyl groups excluding tert-OH is 1. The lowest BCUT2D eigenvalue weighted by Gasteiger charge is -2.31. The van der Waals surface area contributed by atoms with E-state index in [-0.39, 0.29) is 12.1 Å². The highest BCUT2D eigenvalue weighted by molar-refractivity contribution is 4.86. The number of rotatable bonds is 9. The zero-order valence-corrected chi connectivity index (χ0v) is 11.4. The normalized spacial score (nSPS) is 24.0. The van der Waals surface area contributed by atoms with Gasteiger partial charge in [-0.3, -0.25) is 0 Å². The summed E-state index contributed by atoms with van der Waals surface area (Å²) in [4.78, 5) is 2.64. The minimum absolute atomic E-state index is 0.106. The molecule has 2 saturated carbocycles. The summed E-state index contributed by atoms with van der Waals surface area (Å²) < 4.78 is 0. The van der Waals surface area contributed by atoms with Gasteiger partial charge in [-0.2, -0.15) is 0 Å². The molecule has 100 valence electrons. The first-order chi connectivity index (χ1) is 8.15. The summed E-state index contributed by atoms with van der Waals surface area (Å²) in [6.07, 6.45) is 6.78. The van der Waals surface area contributed by atoms with E-state index in [0.717, 1.165) is 24.8 Å². The van der Waals surface area contributed by atoms with Gasteiger partial charge in [0.25, 0.3) is 0 Å². The second kappa shape index (κ2) is 5.68. The summed E-state index contributed by atoms with van der Waals surface area (Å²) in [6, 6.07) is 0. The van der Waals surface area contributed by atoms with Crippen molar-refractivity contribution in [2.75, 3.05) is 33.3 Å². The number of aliphatic hydroxyl groups is 1. The third kappa shape index (κ3) is 4.57. The average molecular weight is 240 g/mol. The molecule has 0 spiro atoms. The molecule has 0 radical (unpaired) electrons. The lowest BCUT2D eigenvalue weighted by atomic mass is 9.99. The number of likely N-dealkylation sites (N-methyl/N-ethyl adjacent to an activating group) is 1. The molecular weight excluding hydrogens is 212 g/mol. The minimum Gasteiger partial charge on any atom is -0.394 e. The van der Waals surface area contributed by atoms with E-state index in [1.807, 2.05) is 7.05 Å². The Morgan fingerprint density at radius 2 is 1.71 bits per heavy atom. The van der Waals surface area contributed by atoms with Gasteiger partial charge >= 0.3 is 0 Å². The van der Waals surface area contributed by atoms with Crippen molar-refractivity contribution in [1.29, 1.82) is 0 Å². The van der Waals surface area contributed by atoms with Gasteiger partial charge in [0.2, 0.25) is 0 Å². The maximum absolute atomic E-state index is 9.41. The molecule has 2 N–H and O–H groups in total. The van der Waals surface area contributed by atoms with Crippen LogP contribution >= 0.6 is 0 Å². The second-order valence-corrected chi connectivity index (χ2v) is 6.37. The van der Waals surface area contributed by atoms with E-state index < -0.39 is 0 Å². The molecule has 0 bridgehead atoms. The van der Waals surface area contributed by atoms with Crippen LogP contribution in [-0.2, 0) is 0 Å². The van der Waals surface area contributed by atoms with E-state index in [0.29, 0.717) is 0 Å².